The Morgan fingerprint density at radius 2 is 1.90 bits per heavy atom. The van der Waals surface area contributed by atoms with Crippen LogP contribution in [0.25, 0.3) is 0 Å². The zero-order valence-electron chi connectivity index (χ0n) is 11.5. The van der Waals surface area contributed by atoms with Crippen LogP contribution >= 0.6 is 0 Å². The van der Waals surface area contributed by atoms with Crippen LogP contribution in [0.2, 0.25) is 0 Å². The van der Waals surface area contributed by atoms with Gasteiger partial charge in [-0.2, -0.15) is 12.7 Å². The third-order valence-corrected chi connectivity index (χ3v) is 4.02. The number of hydrogen-bond donors (Lipinski definition) is 2. The topological polar surface area (TPSA) is 74.3 Å². The number of hydrogen-bond acceptors (Lipinski definition) is 4. The largest absolute Gasteiger partial charge is 0.354 e. The van der Waals surface area contributed by atoms with Crippen molar-refractivity contribution in [3.63, 3.8) is 0 Å². The summed E-state index contributed by atoms with van der Waals surface area (Å²) in [7, 11) is -0.740. The number of nitrogens with zero attached hydrogens (tertiary/aromatic N) is 2. The third kappa shape index (κ3) is 4.14. The predicted octanol–water partition coefficient (Wildman–Crippen LogP) is 2.18. The van der Waals surface area contributed by atoms with E-state index in [1.54, 1.807) is 18.2 Å². The molecule has 0 unspecified atom stereocenters. The monoisotopic (exact) mass is 310 g/mol. The summed E-state index contributed by atoms with van der Waals surface area (Å²) < 4.78 is 39.7. The zero-order valence-corrected chi connectivity index (χ0v) is 12.4. The van der Waals surface area contributed by atoms with Crippen molar-refractivity contribution in [1.82, 2.24) is 9.29 Å². The predicted molar refractivity (Wildman–Crippen MR) is 80.1 cm³/mol. The summed E-state index contributed by atoms with van der Waals surface area (Å²) in [6.45, 7) is 0. The van der Waals surface area contributed by atoms with E-state index in [1.807, 2.05) is 0 Å². The maximum Gasteiger partial charge on any atom is 0.302 e. The van der Waals surface area contributed by atoms with Gasteiger partial charge >= 0.3 is 10.2 Å². The van der Waals surface area contributed by atoms with Crippen molar-refractivity contribution in [2.24, 2.45) is 0 Å². The molecule has 0 aliphatic carbocycles. The van der Waals surface area contributed by atoms with E-state index in [0.717, 1.165) is 4.31 Å². The van der Waals surface area contributed by atoms with E-state index in [4.69, 9.17) is 0 Å². The van der Waals surface area contributed by atoms with E-state index in [2.05, 4.69) is 15.0 Å². The lowest BCUT2D eigenvalue weighted by molar-refractivity contribution is 0.526. The average molecular weight is 310 g/mol. The third-order valence-electron chi connectivity index (χ3n) is 2.59. The first-order valence-corrected chi connectivity index (χ1v) is 7.50. The molecule has 0 aliphatic heterocycles. The Balaban J connectivity index is 2.09. The second kappa shape index (κ2) is 6.06. The Bertz CT molecular complexity index is 717. The summed E-state index contributed by atoms with van der Waals surface area (Å²) in [5.74, 6) is -0.142. The first-order valence-electron chi connectivity index (χ1n) is 6.06. The molecule has 0 spiro atoms. The molecule has 8 heteroatoms. The molecule has 0 radical (unpaired) electrons. The van der Waals surface area contributed by atoms with E-state index < -0.39 is 10.2 Å². The quantitative estimate of drug-likeness (QED) is 0.887. The molecular formula is C13H15FN4O2S. The Hall–Kier alpha value is -2.19. The molecule has 1 heterocycles. The summed E-state index contributed by atoms with van der Waals surface area (Å²) >= 11 is 0. The van der Waals surface area contributed by atoms with Gasteiger partial charge in [0.25, 0.3) is 0 Å². The molecule has 21 heavy (non-hydrogen) atoms. The molecule has 0 amide bonds. The van der Waals surface area contributed by atoms with Crippen molar-refractivity contribution in [1.29, 1.82) is 0 Å². The molecular weight excluding hydrogens is 295 g/mol. The fourth-order valence-electron chi connectivity index (χ4n) is 1.48. The number of nitrogens with one attached hydrogen (secondary N) is 2. The highest BCUT2D eigenvalue weighted by Gasteiger charge is 2.13. The molecule has 0 aliphatic rings. The van der Waals surface area contributed by atoms with Crippen molar-refractivity contribution in [2.45, 2.75) is 0 Å². The maximum absolute atomic E-state index is 13.1. The number of halogens is 1. The standard InChI is InChI=1S/C13H15FN4O2S/c1-18(2)21(19,20)17-13-7-6-12(9-15-13)16-11-5-3-4-10(14)8-11/h3-9,16H,1-2H3,(H,15,17). The Labute approximate surface area is 122 Å². The van der Waals surface area contributed by atoms with Gasteiger partial charge in [0.15, 0.2) is 0 Å². The molecule has 2 aromatic rings. The normalized spacial score (nSPS) is 11.4. The van der Waals surface area contributed by atoms with Gasteiger partial charge in [-0.25, -0.2) is 9.37 Å². The fourth-order valence-corrected chi connectivity index (χ4v) is 2.05. The van der Waals surface area contributed by atoms with E-state index in [-0.39, 0.29) is 11.6 Å². The number of rotatable bonds is 5. The van der Waals surface area contributed by atoms with Crippen LogP contribution in [0.5, 0.6) is 0 Å². The Kier molecular flexibility index (Phi) is 4.39. The minimum Gasteiger partial charge on any atom is -0.354 e. The van der Waals surface area contributed by atoms with E-state index in [1.165, 1.54) is 38.5 Å². The van der Waals surface area contributed by atoms with Gasteiger partial charge in [-0.1, -0.05) is 6.07 Å². The van der Waals surface area contributed by atoms with E-state index in [9.17, 15) is 12.8 Å². The van der Waals surface area contributed by atoms with Gasteiger partial charge in [-0.15, -0.1) is 0 Å². The van der Waals surface area contributed by atoms with Crippen LogP contribution in [0, 0.1) is 5.82 Å². The molecule has 0 bridgehead atoms. The van der Waals surface area contributed by atoms with Crippen LogP contribution in [0.4, 0.5) is 21.6 Å². The molecule has 0 fully saturated rings. The second-order valence-electron chi connectivity index (χ2n) is 4.46. The number of anilines is 3. The first-order chi connectivity index (χ1) is 9.87. The van der Waals surface area contributed by atoms with Gasteiger partial charge < -0.3 is 5.32 Å². The second-order valence-corrected chi connectivity index (χ2v) is 6.34. The van der Waals surface area contributed by atoms with Crippen molar-refractivity contribution >= 4 is 27.4 Å². The van der Waals surface area contributed by atoms with Gasteiger partial charge in [-0.05, 0) is 30.3 Å². The fraction of sp³-hybridized carbons (Fsp3) is 0.154. The van der Waals surface area contributed by atoms with Gasteiger partial charge in [0, 0.05) is 19.8 Å². The van der Waals surface area contributed by atoms with Crippen LogP contribution in [0.15, 0.2) is 42.6 Å². The van der Waals surface area contributed by atoms with Gasteiger partial charge in [-0.3, -0.25) is 4.72 Å². The summed E-state index contributed by atoms with van der Waals surface area (Å²) in [4.78, 5) is 3.99. The Morgan fingerprint density at radius 3 is 2.48 bits per heavy atom. The number of benzene rings is 1. The molecule has 0 saturated heterocycles. The average Bonchev–Trinajstić information content (AvgIpc) is 2.40. The highest BCUT2D eigenvalue weighted by molar-refractivity contribution is 7.90. The lowest BCUT2D eigenvalue weighted by atomic mass is 10.3. The number of pyridine rings is 1. The molecule has 2 rings (SSSR count). The smallest absolute Gasteiger partial charge is 0.302 e. The molecule has 0 atom stereocenters. The van der Waals surface area contributed by atoms with Crippen molar-refractivity contribution in [3.8, 4) is 0 Å². The van der Waals surface area contributed by atoms with Crippen molar-refractivity contribution in [2.75, 3.05) is 24.1 Å². The van der Waals surface area contributed by atoms with Crippen LogP contribution in [0.3, 0.4) is 0 Å². The minimum absolute atomic E-state index is 0.202. The lowest BCUT2D eigenvalue weighted by Crippen LogP contribution is -2.29. The van der Waals surface area contributed by atoms with Crippen LogP contribution < -0.4 is 10.0 Å². The summed E-state index contributed by atoms with van der Waals surface area (Å²) in [5, 5.41) is 2.97. The number of aromatic nitrogens is 1. The molecule has 1 aromatic carbocycles. The molecule has 6 nitrogen and oxygen atoms in total. The summed E-state index contributed by atoms with van der Waals surface area (Å²) in [6.07, 6.45) is 1.46. The zero-order chi connectivity index (χ0) is 15.5. The minimum atomic E-state index is -3.58. The lowest BCUT2D eigenvalue weighted by Gasteiger charge is -2.13. The molecule has 0 saturated carbocycles. The highest BCUT2D eigenvalue weighted by Crippen LogP contribution is 2.18. The maximum atomic E-state index is 13.1. The van der Waals surface area contributed by atoms with Gasteiger partial charge in [0.1, 0.15) is 11.6 Å². The highest BCUT2D eigenvalue weighted by atomic mass is 32.2. The van der Waals surface area contributed by atoms with Crippen LogP contribution in [0.1, 0.15) is 0 Å². The molecule has 112 valence electrons. The van der Waals surface area contributed by atoms with E-state index in [0.29, 0.717) is 11.4 Å². The van der Waals surface area contributed by atoms with E-state index >= 15 is 0 Å². The van der Waals surface area contributed by atoms with Crippen LogP contribution in [-0.2, 0) is 10.2 Å². The van der Waals surface area contributed by atoms with Crippen molar-refractivity contribution < 1.29 is 12.8 Å². The summed E-state index contributed by atoms with van der Waals surface area (Å²) in [5.41, 5.74) is 1.20. The molecule has 1 aromatic heterocycles. The molecule has 2 N–H and O–H groups in total. The summed E-state index contributed by atoms with van der Waals surface area (Å²) in [6, 6.07) is 9.16. The van der Waals surface area contributed by atoms with Gasteiger partial charge in [0.05, 0.1) is 11.9 Å². The Morgan fingerprint density at radius 1 is 1.14 bits per heavy atom. The SMILES string of the molecule is CN(C)S(=O)(=O)Nc1ccc(Nc2cccc(F)c2)cn1. The van der Waals surface area contributed by atoms with Crippen molar-refractivity contribution in [3.05, 3.63) is 48.4 Å². The van der Waals surface area contributed by atoms with Gasteiger partial charge in [0.2, 0.25) is 0 Å². The van der Waals surface area contributed by atoms with Crippen LogP contribution in [-0.4, -0.2) is 31.8 Å². The first kappa shape index (κ1) is 15.2.